The van der Waals surface area contributed by atoms with E-state index in [1.807, 2.05) is 0 Å². The van der Waals surface area contributed by atoms with E-state index in [0.29, 0.717) is 24.0 Å². The van der Waals surface area contributed by atoms with Gasteiger partial charge in [-0.05, 0) is 24.4 Å². The summed E-state index contributed by atoms with van der Waals surface area (Å²) in [7, 11) is 1.33. The maximum atomic E-state index is 11.0. The average molecular weight is 201 g/mol. The summed E-state index contributed by atoms with van der Waals surface area (Å²) < 4.78 is 4.53. The topological polar surface area (TPSA) is 43.4 Å². The van der Waals surface area contributed by atoms with Gasteiger partial charge in [0.2, 0.25) is 5.24 Å². The number of rotatable bonds is 2. The van der Waals surface area contributed by atoms with E-state index in [-0.39, 0.29) is 5.97 Å². The molecule has 0 N–H and O–H groups in total. The number of methoxy groups -OCH3 is 1. The highest BCUT2D eigenvalue weighted by Crippen LogP contribution is 2.20. The number of esters is 1. The Balaban J connectivity index is 2.76. The highest BCUT2D eigenvalue weighted by Gasteiger charge is 2.15. The average Bonchev–Trinajstić information content (AvgIpc) is 2.17. The van der Waals surface area contributed by atoms with E-state index in [1.54, 1.807) is 12.2 Å². The Kier molecular flexibility index (Phi) is 3.25. The van der Waals surface area contributed by atoms with Crippen molar-refractivity contribution in [2.24, 2.45) is 0 Å². The van der Waals surface area contributed by atoms with Gasteiger partial charge in [-0.25, -0.2) is 4.79 Å². The summed E-state index contributed by atoms with van der Waals surface area (Å²) >= 11 is 5.27. The van der Waals surface area contributed by atoms with Crippen molar-refractivity contribution in [1.82, 2.24) is 0 Å². The zero-order chi connectivity index (χ0) is 9.84. The normalized spacial score (nSPS) is 15.8. The van der Waals surface area contributed by atoms with E-state index in [4.69, 9.17) is 11.6 Å². The first-order chi connectivity index (χ1) is 6.15. The number of halogens is 1. The van der Waals surface area contributed by atoms with Gasteiger partial charge in [-0.1, -0.05) is 12.2 Å². The maximum Gasteiger partial charge on any atom is 0.333 e. The summed E-state index contributed by atoms with van der Waals surface area (Å²) in [6.45, 7) is 0. The van der Waals surface area contributed by atoms with Crippen molar-refractivity contribution in [3.63, 3.8) is 0 Å². The second-order valence-electron chi connectivity index (χ2n) is 2.65. The number of hydrogen-bond acceptors (Lipinski definition) is 3. The highest BCUT2D eigenvalue weighted by atomic mass is 35.5. The Bertz CT molecular complexity index is 302. The van der Waals surface area contributed by atoms with Crippen molar-refractivity contribution in [2.45, 2.75) is 12.8 Å². The summed E-state index contributed by atoms with van der Waals surface area (Å²) in [4.78, 5) is 21.7. The van der Waals surface area contributed by atoms with Gasteiger partial charge in [0.15, 0.2) is 0 Å². The fraction of sp³-hybridized carbons (Fsp3) is 0.333. The van der Waals surface area contributed by atoms with Gasteiger partial charge in [-0.15, -0.1) is 0 Å². The third-order valence-electron chi connectivity index (χ3n) is 1.85. The van der Waals surface area contributed by atoms with Crippen LogP contribution in [0.1, 0.15) is 12.8 Å². The summed E-state index contributed by atoms with van der Waals surface area (Å²) in [6.07, 6.45) is 4.15. The predicted octanol–water partition coefficient (Wildman–Crippen LogP) is 1.57. The molecule has 0 amide bonds. The van der Waals surface area contributed by atoms with Crippen LogP contribution in [0.25, 0.3) is 0 Å². The van der Waals surface area contributed by atoms with Crippen LogP contribution in [0.15, 0.2) is 23.3 Å². The molecule has 3 nitrogen and oxygen atoms in total. The standard InChI is InChI=1S/C9H9ClO3/c1-13-9(12)7-4-2-6(3-5-7)8(10)11/h2,4H,3,5H2,1H3. The van der Waals surface area contributed by atoms with Gasteiger partial charge in [0.1, 0.15) is 0 Å². The number of carbonyl (C=O) groups excluding carboxylic acids is 2. The van der Waals surface area contributed by atoms with Crippen LogP contribution < -0.4 is 0 Å². The highest BCUT2D eigenvalue weighted by molar-refractivity contribution is 6.67. The molecule has 0 aromatic rings. The SMILES string of the molecule is COC(=O)C1=CC=C(C(=O)Cl)CC1. The van der Waals surface area contributed by atoms with Crippen molar-refractivity contribution in [3.05, 3.63) is 23.3 Å². The van der Waals surface area contributed by atoms with Crippen LogP contribution in [0, 0.1) is 0 Å². The Morgan fingerprint density at radius 3 is 2.23 bits per heavy atom. The van der Waals surface area contributed by atoms with Crippen molar-refractivity contribution in [2.75, 3.05) is 7.11 Å². The summed E-state index contributed by atoms with van der Waals surface area (Å²) in [5.41, 5.74) is 1.11. The predicted molar refractivity (Wildman–Crippen MR) is 48.3 cm³/mol. The van der Waals surface area contributed by atoms with Crippen LogP contribution in [0.2, 0.25) is 0 Å². The molecule has 0 fully saturated rings. The summed E-state index contributed by atoms with van der Waals surface area (Å²) in [6, 6.07) is 0. The second-order valence-corrected chi connectivity index (χ2v) is 2.99. The molecule has 70 valence electrons. The first kappa shape index (κ1) is 9.99. The van der Waals surface area contributed by atoms with E-state index in [2.05, 4.69) is 4.74 Å². The molecule has 1 rings (SSSR count). The third kappa shape index (κ3) is 2.42. The molecule has 0 saturated carbocycles. The monoisotopic (exact) mass is 200 g/mol. The molecule has 0 aromatic carbocycles. The van der Waals surface area contributed by atoms with E-state index in [1.165, 1.54) is 7.11 Å². The number of ether oxygens (including phenoxy) is 1. The molecule has 0 radical (unpaired) electrons. The lowest BCUT2D eigenvalue weighted by molar-refractivity contribution is -0.136. The molecule has 0 aromatic heterocycles. The van der Waals surface area contributed by atoms with Crippen molar-refractivity contribution >= 4 is 22.8 Å². The minimum atomic E-state index is -0.458. The number of hydrogen-bond donors (Lipinski definition) is 0. The van der Waals surface area contributed by atoms with Crippen molar-refractivity contribution < 1.29 is 14.3 Å². The second kappa shape index (κ2) is 4.23. The fourth-order valence-corrected chi connectivity index (χ4v) is 1.26. The lowest BCUT2D eigenvalue weighted by Gasteiger charge is -2.09. The molecule has 1 aliphatic carbocycles. The molecule has 0 saturated heterocycles. The van der Waals surface area contributed by atoms with Crippen molar-refractivity contribution in [1.29, 1.82) is 0 Å². The van der Waals surface area contributed by atoms with Crippen LogP contribution in [0.3, 0.4) is 0 Å². The summed E-state index contributed by atoms with van der Waals surface area (Å²) in [5, 5.41) is -0.458. The molecule has 0 bridgehead atoms. The Labute approximate surface area is 81.0 Å². The number of allylic oxidation sites excluding steroid dienone is 3. The zero-order valence-corrected chi connectivity index (χ0v) is 7.93. The van der Waals surface area contributed by atoms with E-state index < -0.39 is 5.24 Å². The fourth-order valence-electron chi connectivity index (χ4n) is 1.10. The maximum absolute atomic E-state index is 11.0. The van der Waals surface area contributed by atoms with Crippen LogP contribution in [-0.2, 0) is 14.3 Å². The van der Waals surface area contributed by atoms with Gasteiger partial charge in [-0.2, -0.15) is 0 Å². The lowest BCUT2D eigenvalue weighted by atomic mass is 9.99. The molecule has 0 unspecified atom stereocenters. The molecule has 0 aliphatic heterocycles. The van der Waals surface area contributed by atoms with Gasteiger partial charge in [-0.3, -0.25) is 4.79 Å². The van der Waals surface area contributed by atoms with Gasteiger partial charge < -0.3 is 4.74 Å². The first-order valence-electron chi connectivity index (χ1n) is 3.83. The van der Waals surface area contributed by atoms with Gasteiger partial charge >= 0.3 is 5.97 Å². The first-order valence-corrected chi connectivity index (χ1v) is 4.21. The Morgan fingerprint density at radius 1 is 1.31 bits per heavy atom. The lowest BCUT2D eigenvalue weighted by Crippen LogP contribution is -2.08. The molecule has 0 spiro atoms. The van der Waals surface area contributed by atoms with Crippen LogP contribution in [0.4, 0.5) is 0 Å². The minimum Gasteiger partial charge on any atom is -0.466 e. The zero-order valence-electron chi connectivity index (χ0n) is 7.17. The Hall–Kier alpha value is -1.09. The third-order valence-corrected chi connectivity index (χ3v) is 2.09. The van der Waals surface area contributed by atoms with Gasteiger partial charge in [0.05, 0.1) is 7.11 Å². The quantitative estimate of drug-likeness (QED) is 0.502. The molecule has 4 heteroatoms. The van der Waals surface area contributed by atoms with Crippen LogP contribution in [-0.4, -0.2) is 18.3 Å². The van der Waals surface area contributed by atoms with Gasteiger partial charge in [0, 0.05) is 11.1 Å². The van der Waals surface area contributed by atoms with E-state index >= 15 is 0 Å². The molecule has 0 atom stereocenters. The molecular weight excluding hydrogens is 192 g/mol. The van der Waals surface area contributed by atoms with Crippen LogP contribution in [0.5, 0.6) is 0 Å². The molecular formula is C9H9ClO3. The van der Waals surface area contributed by atoms with Gasteiger partial charge in [0.25, 0.3) is 0 Å². The Morgan fingerprint density at radius 2 is 1.85 bits per heavy atom. The molecule has 1 aliphatic rings. The van der Waals surface area contributed by atoms with E-state index in [0.717, 1.165) is 0 Å². The smallest absolute Gasteiger partial charge is 0.333 e. The van der Waals surface area contributed by atoms with Crippen LogP contribution >= 0.6 is 11.6 Å². The van der Waals surface area contributed by atoms with Crippen molar-refractivity contribution in [3.8, 4) is 0 Å². The molecule has 13 heavy (non-hydrogen) atoms. The molecule has 0 heterocycles. The number of carbonyl (C=O) groups is 2. The van der Waals surface area contributed by atoms with E-state index in [9.17, 15) is 9.59 Å². The largest absolute Gasteiger partial charge is 0.466 e. The summed E-state index contributed by atoms with van der Waals surface area (Å²) in [5.74, 6) is -0.350. The minimum absolute atomic E-state index is 0.350.